The van der Waals surface area contributed by atoms with Crippen molar-refractivity contribution in [1.82, 2.24) is 20.3 Å². The zero-order chi connectivity index (χ0) is 19.5. The van der Waals surface area contributed by atoms with Gasteiger partial charge in [-0.3, -0.25) is 0 Å². The van der Waals surface area contributed by atoms with Crippen LogP contribution >= 0.6 is 0 Å². The van der Waals surface area contributed by atoms with Crippen molar-refractivity contribution in [2.75, 3.05) is 25.6 Å². The lowest BCUT2D eigenvalue weighted by Gasteiger charge is -2.18. The summed E-state index contributed by atoms with van der Waals surface area (Å²) in [6, 6.07) is 7.99. The second kappa shape index (κ2) is 7.93. The predicted molar refractivity (Wildman–Crippen MR) is 96.4 cm³/mol. The smallest absolute Gasteiger partial charge is 0.319 e. The molecule has 2 N–H and O–H groups in total. The van der Waals surface area contributed by atoms with Gasteiger partial charge in [-0.1, -0.05) is 11.3 Å². The van der Waals surface area contributed by atoms with Gasteiger partial charge in [0.1, 0.15) is 23.9 Å². The van der Waals surface area contributed by atoms with Crippen LogP contribution in [0.1, 0.15) is 17.3 Å². The quantitative estimate of drug-likeness (QED) is 0.782. The van der Waals surface area contributed by atoms with Crippen LogP contribution in [0.4, 0.5) is 10.5 Å². The number of benzene rings is 1. The lowest BCUT2D eigenvalue weighted by Crippen LogP contribution is -2.45. The zero-order valence-corrected chi connectivity index (χ0v) is 15.2. The Morgan fingerprint density at radius 3 is 3.07 bits per heavy atom. The Balaban J connectivity index is 1.36. The molecule has 146 valence electrons. The second-order valence-electron chi connectivity index (χ2n) is 6.68. The van der Waals surface area contributed by atoms with Gasteiger partial charge in [-0.2, -0.15) is 5.26 Å². The number of amides is 2. The first-order valence-corrected chi connectivity index (χ1v) is 8.88. The summed E-state index contributed by atoms with van der Waals surface area (Å²) in [4.78, 5) is 12.3. The maximum atomic E-state index is 12.3. The van der Waals surface area contributed by atoms with E-state index < -0.39 is 0 Å². The second-order valence-corrected chi connectivity index (χ2v) is 6.68. The van der Waals surface area contributed by atoms with Crippen molar-refractivity contribution in [2.45, 2.75) is 30.9 Å². The number of rotatable bonds is 5. The minimum Gasteiger partial charge on any atom is -0.378 e. The largest absolute Gasteiger partial charge is 0.378 e. The van der Waals surface area contributed by atoms with E-state index in [0.717, 1.165) is 5.69 Å². The summed E-state index contributed by atoms with van der Waals surface area (Å²) in [5, 5.41) is 22.8. The van der Waals surface area contributed by atoms with Crippen LogP contribution in [0.5, 0.6) is 0 Å². The molecule has 2 aromatic rings. The highest BCUT2D eigenvalue weighted by Gasteiger charge is 2.49. The molecule has 1 aromatic heterocycles. The highest BCUT2D eigenvalue weighted by atomic mass is 16.6. The van der Waals surface area contributed by atoms with E-state index >= 15 is 0 Å². The van der Waals surface area contributed by atoms with E-state index in [1.807, 2.05) is 12.3 Å². The molecule has 1 aromatic carbocycles. The van der Waals surface area contributed by atoms with Gasteiger partial charge in [0.05, 0.1) is 43.7 Å². The van der Waals surface area contributed by atoms with Gasteiger partial charge in [0.2, 0.25) is 0 Å². The van der Waals surface area contributed by atoms with Crippen molar-refractivity contribution in [3.8, 4) is 6.07 Å². The molecule has 28 heavy (non-hydrogen) atoms. The van der Waals surface area contributed by atoms with E-state index in [1.54, 1.807) is 36.1 Å². The standard InChI is InChI=1S/C18H20N6O4/c1-26-8-13-7-24(23-22-13)15-10-28-16-14(9-27-17(15)16)21-18(25)20-12-4-2-3-11(5-12)6-19/h2-5,7,14-17H,8-10H2,1H3,(H2,20,21,25). The molecule has 3 heterocycles. The highest BCUT2D eigenvalue weighted by Crippen LogP contribution is 2.34. The molecule has 0 bridgehead atoms. The number of nitriles is 1. The normalized spacial score (nSPS) is 25.9. The molecule has 0 spiro atoms. The fraction of sp³-hybridized carbons (Fsp3) is 0.444. The molecular formula is C18H20N6O4. The lowest BCUT2D eigenvalue weighted by atomic mass is 10.1. The number of carbonyl (C=O) groups is 1. The number of hydrogen-bond acceptors (Lipinski definition) is 7. The van der Waals surface area contributed by atoms with Gasteiger partial charge >= 0.3 is 6.03 Å². The van der Waals surface area contributed by atoms with Crippen LogP contribution in [0.15, 0.2) is 30.5 Å². The van der Waals surface area contributed by atoms with E-state index in [0.29, 0.717) is 31.1 Å². The van der Waals surface area contributed by atoms with Crippen LogP contribution in [-0.2, 0) is 20.8 Å². The summed E-state index contributed by atoms with van der Waals surface area (Å²) in [7, 11) is 1.60. The Morgan fingerprint density at radius 2 is 2.25 bits per heavy atom. The Morgan fingerprint density at radius 1 is 1.39 bits per heavy atom. The molecule has 0 aliphatic carbocycles. The van der Waals surface area contributed by atoms with E-state index in [4.69, 9.17) is 19.5 Å². The summed E-state index contributed by atoms with van der Waals surface area (Å²) in [5.74, 6) is 0. The van der Waals surface area contributed by atoms with Gasteiger partial charge in [0.25, 0.3) is 0 Å². The number of carbonyl (C=O) groups excluding carboxylic acids is 1. The fourth-order valence-corrected chi connectivity index (χ4v) is 3.52. The van der Waals surface area contributed by atoms with Crippen molar-refractivity contribution in [2.24, 2.45) is 0 Å². The average molecular weight is 384 g/mol. The van der Waals surface area contributed by atoms with Crippen LogP contribution < -0.4 is 10.6 Å². The molecule has 0 saturated carbocycles. The number of anilines is 1. The molecule has 2 saturated heterocycles. The Bertz CT molecular complexity index is 894. The van der Waals surface area contributed by atoms with Crippen LogP contribution in [0.2, 0.25) is 0 Å². The Kier molecular flexibility index (Phi) is 5.21. The fourth-order valence-electron chi connectivity index (χ4n) is 3.52. The van der Waals surface area contributed by atoms with E-state index in [9.17, 15) is 4.79 Å². The van der Waals surface area contributed by atoms with Gasteiger partial charge in [0, 0.05) is 12.8 Å². The first-order chi connectivity index (χ1) is 13.7. The minimum atomic E-state index is -0.375. The van der Waals surface area contributed by atoms with Crippen LogP contribution in [0, 0.1) is 11.3 Å². The summed E-state index contributed by atoms with van der Waals surface area (Å²) in [6.07, 6.45) is 1.33. The maximum absolute atomic E-state index is 12.3. The molecule has 2 aliphatic rings. The van der Waals surface area contributed by atoms with Crippen LogP contribution in [0.25, 0.3) is 0 Å². The third-order valence-corrected chi connectivity index (χ3v) is 4.78. The molecule has 4 atom stereocenters. The molecule has 10 heteroatoms. The number of aromatic nitrogens is 3. The van der Waals surface area contributed by atoms with E-state index in [-0.39, 0.29) is 30.3 Å². The molecular weight excluding hydrogens is 364 g/mol. The number of hydrogen-bond donors (Lipinski definition) is 2. The minimum absolute atomic E-state index is 0.106. The van der Waals surface area contributed by atoms with Crippen molar-refractivity contribution in [1.29, 1.82) is 5.26 Å². The Labute approximate surface area is 161 Å². The predicted octanol–water partition coefficient (Wildman–Crippen LogP) is 0.825. The van der Waals surface area contributed by atoms with Gasteiger partial charge in [-0.25, -0.2) is 9.48 Å². The zero-order valence-electron chi connectivity index (χ0n) is 15.2. The summed E-state index contributed by atoms with van der Waals surface area (Å²) in [5.41, 5.74) is 1.76. The van der Waals surface area contributed by atoms with E-state index in [1.165, 1.54) is 0 Å². The third kappa shape index (κ3) is 3.68. The number of nitrogens with one attached hydrogen (secondary N) is 2. The van der Waals surface area contributed by atoms with Gasteiger partial charge < -0.3 is 24.8 Å². The van der Waals surface area contributed by atoms with Gasteiger partial charge in [0.15, 0.2) is 0 Å². The number of urea groups is 1. The van der Waals surface area contributed by atoms with Gasteiger partial charge in [-0.15, -0.1) is 5.10 Å². The highest BCUT2D eigenvalue weighted by molar-refractivity contribution is 5.89. The van der Waals surface area contributed by atoms with Crippen LogP contribution in [0.3, 0.4) is 0 Å². The first kappa shape index (κ1) is 18.4. The number of fused-ring (bicyclic) bond motifs is 1. The maximum Gasteiger partial charge on any atom is 0.319 e. The molecule has 2 amide bonds. The molecule has 2 fully saturated rings. The molecule has 4 rings (SSSR count). The average Bonchev–Trinajstić information content (AvgIpc) is 3.40. The monoisotopic (exact) mass is 384 g/mol. The van der Waals surface area contributed by atoms with Gasteiger partial charge in [-0.05, 0) is 18.2 Å². The Hall–Kier alpha value is -3.00. The molecule has 10 nitrogen and oxygen atoms in total. The lowest BCUT2D eigenvalue weighted by molar-refractivity contribution is 0.0622. The first-order valence-electron chi connectivity index (χ1n) is 8.88. The topological polar surface area (TPSA) is 123 Å². The SMILES string of the molecule is COCc1cn(C2COC3C(NC(=O)Nc4cccc(C#N)c4)COC32)nn1. The number of ether oxygens (including phenoxy) is 3. The van der Waals surface area contributed by atoms with Crippen molar-refractivity contribution >= 4 is 11.7 Å². The van der Waals surface area contributed by atoms with Crippen LogP contribution in [-0.4, -0.2) is 59.6 Å². The van der Waals surface area contributed by atoms with Crippen molar-refractivity contribution < 1.29 is 19.0 Å². The number of nitrogens with zero attached hydrogens (tertiary/aromatic N) is 4. The van der Waals surface area contributed by atoms with E-state index in [2.05, 4.69) is 20.9 Å². The number of methoxy groups -OCH3 is 1. The third-order valence-electron chi connectivity index (χ3n) is 4.78. The van der Waals surface area contributed by atoms with Crippen molar-refractivity contribution in [3.63, 3.8) is 0 Å². The summed E-state index contributed by atoms with van der Waals surface area (Å²) >= 11 is 0. The summed E-state index contributed by atoms with van der Waals surface area (Å²) < 4.78 is 18.6. The molecule has 2 aliphatic heterocycles. The summed E-state index contributed by atoms with van der Waals surface area (Å²) in [6.45, 7) is 1.16. The molecule has 4 unspecified atom stereocenters. The van der Waals surface area contributed by atoms with Crippen molar-refractivity contribution in [3.05, 3.63) is 41.7 Å². The molecule has 0 radical (unpaired) electrons.